The van der Waals surface area contributed by atoms with Crippen LogP contribution in [0.4, 0.5) is 0 Å². The van der Waals surface area contributed by atoms with Crippen LogP contribution in [0.1, 0.15) is 16.7 Å². The standard InChI is InChI=1S/C23H19Br2IN2O3/c1-30-21-11-17(13-27-28-22(29)12-15-2-6-18(24)7-3-15)10-20(26)23(21)31-14-16-4-8-19(25)9-5-16/h2-11,13H,12,14H2,1H3,(H,28,29)/b27-13-. The molecule has 0 aromatic heterocycles. The number of hydrogen-bond donors (Lipinski definition) is 1. The third-order valence-corrected chi connectivity index (χ3v) is 6.09. The highest BCUT2D eigenvalue weighted by Crippen LogP contribution is 2.34. The molecule has 0 fully saturated rings. The fraction of sp³-hybridized carbons (Fsp3) is 0.130. The van der Waals surface area contributed by atoms with Gasteiger partial charge in [0.05, 0.1) is 23.3 Å². The Morgan fingerprint density at radius 3 is 2.26 bits per heavy atom. The van der Waals surface area contributed by atoms with E-state index in [9.17, 15) is 4.79 Å². The zero-order chi connectivity index (χ0) is 22.2. The van der Waals surface area contributed by atoms with Gasteiger partial charge in [0, 0.05) is 8.95 Å². The molecule has 0 spiro atoms. The molecule has 0 saturated carbocycles. The Morgan fingerprint density at radius 1 is 1.03 bits per heavy atom. The minimum absolute atomic E-state index is 0.185. The lowest BCUT2D eigenvalue weighted by Crippen LogP contribution is -2.19. The average Bonchev–Trinajstić information content (AvgIpc) is 2.75. The van der Waals surface area contributed by atoms with Crippen LogP contribution in [0.25, 0.3) is 0 Å². The van der Waals surface area contributed by atoms with Crippen molar-refractivity contribution < 1.29 is 14.3 Å². The molecule has 5 nitrogen and oxygen atoms in total. The summed E-state index contributed by atoms with van der Waals surface area (Å²) in [5.41, 5.74) is 5.32. The third kappa shape index (κ3) is 7.33. The molecule has 0 aliphatic rings. The van der Waals surface area contributed by atoms with E-state index in [1.54, 1.807) is 13.3 Å². The summed E-state index contributed by atoms with van der Waals surface area (Å²) in [5.74, 6) is 1.09. The molecular formula is C23H19Br2IN2O3. The number of rotatable bonds is 8. The van der Waals surface area contributed by atoms with E-state index in [-0.39, 0.29) is 12.3 Å². The van der Waals surface area contributed by atoms with Crippen molar-refractivity contribution in [2.75, 3.05) is 7.11 Å². The zero-order valence-electron chi connectivity index (χ0n) is 16.6. The van der Waals surface area contributed by atoms with Crippen LogP contribution in [0.15, 0.2) is 74.7 Å². The number of nitrogens with one attached hydrogen (secondary N) is 1. The lowest BCUT2D eigenvalue weighted by atomic mass is 10.1. The van der Waals surface area contributed by atoms with Crippen LogP contribution < -0.4 is 14.9 Å². The molecule has 1 N–H and O–H groups in total. The average molecular weight is 658 g/mol. The van der Waals surface area contributed by atoms with Crippen molar-refractivity contribution in [2.24, 2.45) is 5.10 Å². The highest BCUT2D eigenvalue weighted by molar-refractivity contribution is 14.1. The van der Waals surface area contributed by atoms with Crippen LogP contribution in [0.2, 0.25) is 0 Å². The van der Waals surface area contributed by atoms with Crippen molar-refractivity contribution in [3.63, 3.8) is 0 Å². The molecule has 0 bridgehead atoms. The summed E-state index contributed by atoms with van der Waals surface area (Å²) in [4.78, 5) is 12.1. The van der Waals surface area contributed by atoms with E-state index in [0.29, 0.717) is 18.1 Å². The number of carbonyl (C=O) groups excluding carboxylic acids is 1. The Hall–Kier alpha value is -1.91. The van der Waals surface area contributed by atoms with Crippen molar-refractivity contribution in [1.29, 1.82) is 0 Å². The summed E-state index contributed by atoms with van der Waals surface area (Å²) in [5, 5.41) is 4.07. The van der Waals surface area contributed by atoms with Crippen LogP contribution >= 0.6 is 54.5 Å². The van der Waals surface area contributed by atoms with E-state index in [1.165, 1.54) is 0 Å². The summed E-state index contributed by atoms with van der Waals surface area (Å²) >= 11 is 9.01. The number of carbonyl (C=O) groups is 1. The number of ether oxygens (including phenoxy) is 2. The molecule has 160 valence electrons. The normalized spacial score (nSPS) is 10.8. The molecule has 0 aliphatic carbocycles. The van der Waals surface area contributed by atoms with Crippen molar-refractivity contribution in [1.82, 2.24) is 5.43 Å². The second-order valence-corrected chi connectivity index (χ2v) is 9.54. The van der Waals surface area contributed by atoms with Crippen molar-refractivity contribution in [3.8, 4) is 11.5 Å². The van der Waals surface area contributed by atoms with E-state index in [4.69, 9.17) is 9.47 Å². The predicted molar refractivity (Wildman–Crippen MR) is 138 cm³/mol. The van der Waals surface area contributed by atoms with Gasteiger partial charge in [0.15, 0.2) is 11.5 Å². The Morgan fingerprint density at radius 2 is 1.65 bits per heavy atom. The van der Waals surface area contributed by atoms with E-state index in [2.05, 4.69) is 65.0 Å². The van der Waals surface area contributed by atoms with E-state index in [1.807, 2.05) is 60.7 Å². The van der Waals surface area contributed by atoms with Gasteiger partial charge in [-0.3, -0.25) is 4.79 Å². The topological polar surface area (TPSA) is 59.9 Å². The Balaban J connectivity index is 1.62. The quantitative estimate of drug-likeness (QED) is 0.181. The lowest BCUT2D eigenvalue weighted by Gasteiger charge is -2.13. The molecule has 0 atom stereocenters. The van der Waals surface area contributed by atoms with Crippen molar-refractivity contribution in [2.45, 2.75) is 13.0 Å². The molecule has 31 heavy (non-hydrogen) atoms. The Labute approximate surface area is 211 Å². The van der Waals surface area contributed by atoms with Gasteiger partial charge in [-0.2, -0.15) is 5.10 Å². The van der Waals surface area contributed by atoms with Crippen molar-refractivity contribution in [3.05, 3.63) is 89.9 Å². The molecule has 3 rings (SSSR count). The van der Waals surface area contributed by atoms with Crippen LogP contribution in [-0.4, -0.2) is 19.2 Å². The summed E-state index contributed by atoms with van der Waals surface area (Å²) in [6, 6.07) is 19.3. The highest BCUT2D eigenvalue weighted by atomic mass is 127. The minimum Gasteiger partial charge on any atom is -0.493 e. The summed E-state index contributed by atoms with van der Waals surface area (Å²) in [7, 11) is 1.60. The van der Waals surface area contributed by atoms with Crippen LogP contribution in [-0.2, 0) is 17.8 Å². The fourth-order valence-corrected chi connectivity index (χ4v) is 4.01. The number of nitrogens with zero attached hydrogens (tertiary/aromatic N) is 1. The van der Waals surface area contributed by atoms with Gasteiger partial charge in [-0.25, -0.2) is 5.43 Å². The second kappa shape index (κ2) is 11.6. The van der Waals surface area contributed by atoms with Crippen LogP contribution in [0.3, 0.4) is 0 Å². The molecule has 0 heterocycles. The number of halogens is 3. The monoisotopic (exact) mass is 656 g/mol. The maximum Gasteiger partial charge on any atom is 0.244 e. The minimum atomic E-state index is -0.185. The summed E-state index contributed by atoms with van der Waals surface area (Å²) in [6.07, 6.45) is 1.84. The number of benzene rings is 3. The van der Waals surface area contributed by atoms with Crippen molar-refractivity contribution >= 4 is 66.6 Å². The second-order valence-electron chi connectivity index (χ2n) is 6.55. The first-order valence-corrected chi connectivity index (χ1v) is 11.9. The van der Waals surface area contributed by atoms with Crippen LogP contribution in [0.5, 0.6) is 11.5 Å². The summed E-state index contributed by atoms with van der Waals surface area (Å²) < 4.78 is 14.4. The maximum absolute atomic E-state index is 12.1. The third-order valence-electron chi connectivity index (χ3n) is 4.23. The first-order valence-electron chi connectivity index (χ1n) is 9.25. The van der Waals surface area contributed by atoms with Gasteiger partial charge in [0.25, 0.3) is 0 Å². The highest BCUT2D eigenvalue weighted by Gasteiger charge is 2.12. The summed E-state index contributed by atoms with van der Waals surface area (Å²) in [6.45, 7) is 0.430. The zero-order valence-corrected chi connectivity index (χ0v) is 21.9. The van der Waals surface area contributed by atoms with Gasteiger partial charge in [-0.1, -0.05) is 56.1 Å². The first-order chi connectivity index (χ1) is 14.9. The Kier molecular flexibility index (Phi) is 8.91. The molecule has 0 aliphatic heterocycles. The van der Waals surface area contributed by atoms with Gasteiger partial charge in [-0.05, 0) is 75.7 Å². The number of hydrogen-bond acceptors (Lipinski definition) is 4. The molecule has 8 heteroatoms. The SMILES string of the molecule is COc1cc(/C=N\NC(=O)Cc2ccc(Br)cc2)cc(I)c1OCc1ccc(Br)cc1. The smallest absolute Gasteiger partial charge is 0.244 e. The molecule has 3 aromatic rings. The van der Waals surface area contributed by atoms with Gasteiger partial charge in [-0.15, -0.1) is 0 Å². The van der Waals surface area contributed by atoms with Gasteiger partial charge in [0.2, 0.25) is 5.91 Å². The maximum atomic E-state index is 12.1. The van der Waals surface area contributed by atoms with E-state index in [0.717, 1.165) is 29.2 Å². The molecule has 0 unspecified atom stereocenters. The van der Waals surface area contributed by atoms with Gasteiger partial charge < -0.3 is 9.47 Å². The predicted octanol–water partition coefficient (Wildman–Crippen LogP) is 6.10. The molecule has 0 saturated heterocycles. The van der Waals surface area contributed by atoms with E-state index >= 15 is 0 Å². The number of amides is 1. The lowest BCUT2D eigenvalue weighted by molar-refractivity contribution is -0.120. The van der Waals surface area contributed by atoms with Gasteiger partial charge >= 0.3 is 0 Å². The van der Waals surface area contributed by atoms with E-state index < -0.39 is 0 Å². The van der Waals surface area contributed by atoms with Gasteiger partial charge in [0.1, 0.15) is 6.61 Å². The number of hydrazone groups is 1. The first kappa shape index (κ1) is 23.7. The molecule has 3 aromatic carbocycles. The molecule has 0 radical (unpaired) electrons. The van der Waals surface area contributed by atoms with Crippen LogP contribution in [0, 0.1) is 3.57 Å². The largest absolute Gasteiger partial charge is 0.493 e. The Bertz CT molecular complexity index is 1070. The molecule has 1 amide bonds. The molecular weight excluding hydrogens is 639 g/mol. The fourth-order valence-electron chi connectivity index (χ4n) is 2.70. The number of methoxy groups -OCH3 is 1.